The van der Waals surface area contributed by atoms with E-state index in [1.807, 2.05) is 0 Å². The van der Waals surface area contributed by atoms with Crippen molar-refractivity contribution < 1.29 is 19.8 Å². The molecule has 4 heteroatoms. The van der Waals surface area contributed by atoms with E-state index in [0.717, 1.165) is 6.92 Å². The van der Waals surface area contributed by atoms with Crippen LogP contribution in [-0.4, -0.2) is 28.4 Å². The zero-order chi connectivity index (χ0) is 9.02. The third-order valence-electron chi connectivity index (χ3n) is 1.14. The molecule has 62 valence electrons. The van der Waals surface area contributed by atoms with Gasteiger partial charge in [-0.3, -0.25) is 9.59 Å². The Labute approximate surface area is 64.2 Å². The van der Waals surface area contributed by atoms with Crippen molar-refractivity contribution in [1.29, 1.82) is 0 Å². The maximum absolute atomic E-state index is 10.7. The number of hydrogen-bond acceptors (Lipinski definition) is 4. The van der Waals surface area contributed by atoms with Crippen LogP contribution >= 0.6 is 0 Å². The van der Waals surface area contributed by atoms with Crippen molar-refractivity contribution in [3.63, 3.8) is 0 Å². The van der Waals surface area contributed by atoms with E-state index < -0.39 is 18.2 Å². The molecular formula is C7H10O4. The molecule has 0 saturated heterocycles. The lowest BCUT2D eigenvalue weighted by Gasteiger charge is -1.99. The Kier molecular flexibility index (Phi) is 3.47. The monoisotopic (exact) mass is 158 g/mol. The number of aliphatic hydroxyl groups excluding tert-OH is 2. The highest BCUT2D eigenvalue weighted by Gasteiger charge is 2.15. The molecule has 0 aliphatic carbocycles. The summed E-state index contributed by atoms with van der Waals surface area (Å²) in [4.78, 5) is 21.3. The van der Waals surface area contributed by atoms with Crippen molar-refractivity contribution in [2.24, 2.45) is 0 Å². The van der Waals surface area contributed by atoms with Crippen LogP contribution in [0.15, 0.2) is 11.3 Å². The molecule has 0 aromatic heterocycles. The molecule has 0 aliphatic heterocycles. The third kappa shape index (κ3) is 2.51. The first-order valence-electron chi connectivity index (χ1n) is 3.05. The topological polar surface area (TPSA) is 74.6 Å². The first kappa shape index (κ1) is 9.84. The number of carbonyl (C=O) groups excluding carboxylic acids is 2. The molecule has 0 aromatic carbocycles. The zero-order valence-corrected chi connectivity index (χ0v) is 6.42. The van der Waals surface area contributed by atoms with Gasteiger partial charge in [-0.05, 0) is 13.8 Å². The normalized spacial score (nSPS) is 12.3. The summed E-state index contributed by atoms with van der Waals surface area (Å²) in [6.45, 7) is 1.62. The minimum atomic E-state index is -0.757. The number of aliphatic hydroxyl groups is 2. The molecule has 0 saturated carbocycles. The minimum Gasteiger partial charge on any atom is -0.512 e. The Bertz CT molecular complexity index is 210. The van der Waals surface area contributed by atoms with Gasteiger partial charge in [-0.1, -0.05) is 0 Å². The second-order valence-electron chi connectivity index (χ2n) is 2.10. The van der Waals surface area contributed by atoms with Gasteiger partial charge in [0, 0.05) is 0 Å². The van der Waals surface area contributed by atoms with Crippen LogP contribution in [-0.2, 0) is 9.59 Å². The lowest BCUT2D eigenvalue weighted by atomic mass is 10.1. The third-order valence-corrected chi connectivity index (χ3v) is 1.14. The van der Waals surface area contributed by atoms with Gasteiger partial charge in [0.2, 0.25) is 0 Å². The van der Waals surface area contributed by atoms with Gasteiger partial charge < -0.3 is 10.2 Å². The van der Waals surface area contributed by atoms with E-state index in [4.69, 9.17) is 10.2 Å². The van der Waals surface area contributed by atoms with Crippen molar-refractivity contribution >= 4 is 11.6 Å². The lowest BCUT2D eigenvalue weighted by molar-refractivity contribution is -0.122. The predicted molar refractivity (Wildman–Crippen MR) is 38.1 cm³/mol. The molecule has 0 rings (SSSR count). The Hall–Kier alpha value is -1.16. The molecule has 0 unspecified atom stereocenters. The van der Waals surface area contributed by atoms with Crippen LogP contribution < -0.4 is 0 Å². The average Bonchev–Trinajstić information content (AvgIpc) is 1.85. The van der Waals surface area contributed by atoms with Gasteiger partial charge in [0.1, 0.15) is 12.4 Å². The second kappa shape index (κ2) is 3.88. The number of Topliss-reactive ketones (excluding diaryl/α,β-unsaturated/α-hetero) is 2. The molecule has 0 bridgehead atoms. The van der Waals surface area contributed by atoms with Crippen LogP contribution in [0.3, 0.4) is 0 Å². The van der Waals surface area contributed by atoms with Crippen LogP contribution in [0, 0.1) is 0 Å². The largest absolute Gasteiger partial charge is 0.512 e. The summed E-state index contributed by atoms with van der Waals surface area (Å²) >= 11 is 0. The Balaban J connectivity index is 4.79. The minimum absolute atomic E-state index is 0.326. The average molecular weight is 158 g/mol. The summed E-state index contributed by atoms with van der Waals surface area (Å²) in [6, 6.07) is 0. The molecule has 0 radical (unpaired) electrons. The van der Waals surface area contributed by atoms with Gasteiger partial charge in [0.25, 0.3) is 0 Å². The van der Waals surface area contributed by atoms with E-state index in [9.17, 15) is 9.59 Å². The zero-order valence-electron chi connectivity index (χ0n) is 6.42. The van der Waals surface area contributed by atoms with E-state index in [0.29, 0.717) is 0 Å². The molecule has 0 heterocycles. The fourth-order valence-electron chi connectivity index (χ4n) is 0.732. The van der Waals surface area contributed by atoms with Gasteiger partial charge in [0.15, 0.2) is 11.6 Å². The van der Waals surface area contributed by atoms with Crippen molar-refractivity contribution in [2.75, 3.05) is 6.61 Å². The molecule has 4 nitrogen and oxygen atoms in total. The van der Waals surface area contributed by atoms with E-state index in [2.05, 4.69) is 0 Å². The van der Waals surface area contributed by atoms with Crippen molar-refractivity contribution in [2.45, 2.75) is 13.8 Å². The molecule has 0 aliphatic rings. The molecule has 2 N–H and O–H groups in total. The molecular weight excluding hydrogens is 148 g/mol. The van der Waals surface area contributed by atoms with E-state index in [-0.39, 0.29) is 11.3 Å². The van der Waals surface area contributed by atoms with Crippen molar-refractivity contribution in [3.8, 4) is 0 Å². The maximum Gasteiger partial charge on any atom is 0.195 e. The summed E-state index contributed by atoms with van der Waals surface area (Å²) in [7, 11) is 0. The highest BCUT2D eigenvalue weighted by atomic mass is 16.3. The fourth-order valence-corrected chi connectivity index (χ4v) is 0.732. The van der Waals surface area contributed by atoms with Gasteiger partial charge in [-0.2, -0.15) is 0 Å². The standard InChI is InChI=1S/C7H10O4/c1-4(9)7(5(2)10)6(11)3-8/h8-9H,3H2,1-2H3/b7-4-. The quantitative estimate of drug-likeness (QED) is 0.262. The van der Waals surface area contributed by atoms with Gasteiger partial charge in [0.05, 0.1) is 5.57 Å². The first-order chi connectivity index (χ1) is 5.00. The van der Waals surface area contributed by atoms with Crippen LogP contribution in [0.5, 0.6) is 0 Å². The van der Waals surface area contributed by atoms with Crippen molar-refractivity contribution in [3.05, 3.63) is 11.3 Å². The Morgan fingerprint density at radius 2 is 1.73 bits per heavy atom. The number of allylic oxidation sites excluding steroid dienone is 1. The first-order valence-corrected chi connectivity index (χ1v) is 3.05. The van der Waals surface area contributed by atoms with Crippen LogP contribution in [0.4, 0.5) is 0 Å². The Morgan fingerprint density at radius 3 is 1.82 bits per heavy atom. The van der Waals surface area contributed by atoms with Gasteiger partial charge >= 0.3 is 0 Å². The Morgan fingerprint density at radius 1 is 1.27 bits per heavy atom. The molecule has 11 heavy (non-hydrogen) atoms. The smallest absolute Gasteiger partial charge is 0.195 e. The summed E-state index contributed by atoms with van der Waals surface area (Å²) in [5.41, 5.74) is -0.326. The molecule has 0 atom stereocenters. The number of rotatable bonds is 3. The highest BCUT2D eigenvalue weighted by Crippen LogP contribution is 2.03. The lowest BCUT2D eigenvalue weighted by Crippen LogP contribution is -2.15. The van der Waals surface area contributed by atoms with E-state index >= 15 is 0 Å². The molecule has 0 fully saturated rings. The summed E-state index contributed by atoms with van der Waals surface area (Å²) in [5, 5.41) is 17.2. The number of carbonyl (C=O) groups is 2. The van der Waals surface area contributed by atoms with E-state index in [1.54, 1.807) is 0 Å². The molecule has 0 spiro atoms. The summed E-state index contributed by atoms with van der Waals surface area (Å²) < 4.78 is 0. The van der Waals surface area contributed by atoms with Gasteiger partial charge in [-0.15, -0.1) is 0 Å². The highest BCUT2D eigenvalue weighted by molar-refractivity contribution is 6.20. The molecule has 0 aromatic rings. The van der Waals surface area contributed by atoms with Gasteiger partial charge in [-0.25, -0.2) is 0 Å². The fraction of sp³-hybridized carbons (Fsp3) is 0.429. The summed E-state index contributed by atoms with van der Waals surface area (Å²) in [6.07, 6.45) is 0. The predicted octanol–water partition coefficient (Wildman–Crippen LogP) is -0.0312. The van der Waals surface area contributed by atoms with Crippen LogP contribution in [0.1, 0.15) is 13.8 Å². The number of ketones is 2. The van der Waals surface area contributed by atoms with Crippen LogP contribution in [0.2, 0.25) is 0 Å². The summed E-state index contributed by atoms with van der Waals surface area (Å²) in [5.74, 6) is -1.64. The molecule has 0 amide bonds. The van der Waals surface area contributed by atoms with Crippen molar-refractivity contribution in [1.82, 2.24) is 0 Å². The second-order valence-corrected chi connectivity index (χ2v) is 2.10. The number of hydrogen-bond donors (Lipinski definition) is 2. The van der Waals surface area contributed by atoms with Crippen LogP contribution in [0.25, 0.3) is 0 Å². The maximum atomic E-state index is 10.7. The SMILES string of the molecule is CC(=O)/C(C(=O)CO)=C(\C)O. The van der Waals surface area contributed by atoms with E-state index in [1.165, 1.54) is 6.92 Å².